The highest BCUT2D eigenvalue weighted by Crippen LogP contribution is 2.18. The van der Waals surface area contributed by atoms with Gasteiger partial charge in [0, 0.05) is 18.8 Å². The summed E-state index contributed by atoms with van der Waals surface area (Å²) in [7, 11) is 0. The van der Waals surface area contributed by atoms with E-state index in [4.69, 9.17) is 0 Å². The summed E-state index contributed by atoms with van der Waals surface area (Å²) in [6, 6.07) is 23.0. The molecule has 0 fully saturated rings. The molecule has 0 radical (unpaired) electrons. The first-order valence-corrected chi connectivity index (χ1v) is 8.95. The summed E-state index contributed by atoms with van der Waals surface area (Å²) < 4.78 is 30.8. The van der Waals surface area contributed by atoms with Crippen LogP contribution in [0.5, 0.6) is 5.75 Å². The Morgan fingerprint density at radius 2 is 1.50 bits per heavy atom. The molecule has 1 heterocycles. The Bertz CT molecular complexity index is 1040. The third-order valence-electron chi connectivity index (χ3n) is 4.47. The van der Waals surface area contributed by atoms with Crippen molar-refractivity contribution < 1.29 is 13.5 Å². The van der Waals surface area contributed by atoms with Gasteiger partial charge in [0.05, 0.1) is 11.0 Å². The van der Waals surface area contributed by atoms with E-state index < -0.39 is 6.61 Å². The number of rotatable bonds is 7. The SMILES string of the molecule is FC(F)Oc1ccc(CNCc2ccc(-n3cnc4ccccc43)cc2)cc1. The van der Waals surface area contributed by atoms with Crippen molar-refractivity contribution in [2.45, 2.75) is 19.7 Å². The second-order valence-electron chi connectivity index (χ2n) is 6.40. The van der Waals surface area contributed by atoms with Crippen molar-refractivity contribution in [2.75, 3.05) is 0 Å². The largest absolute Gasteiger partial charge is 0.435 e. The number of aromatic nitrogens is 2. The molecule has 0 saturated carbocycles. The maximum Gasteiger partial charge on any atom is 0.387 e. The maximum atomic E-state index is 12.2. The van der Waals surface area contributed by atoms with Gasteiger partial charge in [0.25, 0.3) is 0 Å². The average Bonchev–Trinajstić information content (AvgIpc) is 3.14. The first-order chi connectivity index (χ1) is 13.7. The monoisotopic (exact) mass is 379 g/mol. The van der Waals surface area contributed by atoms with Gasteiger partial charge in [-0.2, -0.15) is 8.78 Å². The Hall–Kier alpha value is -3.25. The van der Waals surface area contributed by atoms with Crippen LogP contribution in [0, 0.1) is 0 Å². The lowest BCUT2D eigenvalue weighted by molar-refractivity contribution is -0.0498. The molecule has 4 aromatic rings. The number of para-hydroxylation sites is 2. The van der Waals surface area contributed by atoms with Crippen LogP contribution < -0.4 is 10.1 Å². The lowest BCUT2D eigenvalue weighted by Crippen LogP contribution is -2.12. The molecular weight excluding hydrogens is 360 g/mol. The van der Waals surface area contributed by atoms with Gasteiger partial charge in [-0.15, -0.1) is 0 Å². The molecule has 3 aromatic carbocycles. The molecule has 1 N–H and O–H groups in total. The van der Waals surface area contributed by atoms with E-state index in [1.54, 1.807) is 24.3 Å². The molecule has 0 saturated heterocycles. The number of benzene rings is 3. The fraction of sp³-hybridized carbons (Fsp3) is 0.136. The molecule has 0 amide bonds. The smallest absolute Gasteiger partial charge is 0.387 e. The Morgan fingerprint density at radius 3 is 2.18 bits per heavy atom. The number of ether oxygens (including phenoxy) is 1. The predicted octanol–water partition coefficient (Wildman–Crippen LogP) is 4.92. The van der Waals surface area contributed by atoms with Crippen molar-refractivity contribution in [3.05, 3.63) is 90.3 Å². The van der Waals surface area contributed by atoms with Crippen molar-refractivity contribution in [1.82, 2.24) is 14.9 Å². The van der Waals surface area contributed by atoms with Gasteiger partial charge in [-0.25, -0.2) is 4.98 Å². The van der Waals surface area contributed by atoms with Crippen LogP contribution in [0.3, 0.4) is 0 Å². The number of nitrogens with one attached hydrogen (secondary N) is 1. The molecule has 0 aliphatic heterocycles. The first kappa shape index (κ1) is 18.1. The lowest BCUT2D eigenvalue weighted by Gasteiger charge is -2.09. The molecule has 142 valence electrons. The van der Waals surface area contributed by atoms with E-state index >= 15 is 0 Å². The van der Waals surface area contributed by atoms with E-state index in [9.17, 15) is 8.78 Å². The Balaban J connectivity index is 1.35. The van der Waals surface area contributed by atoms with Crippen LogP contribution in [0.4, 0.5) is 8.78 Å². The summed E-state index contributed by atoms with van der Waals surface area (Å²) in [5.41, 5.74) is 5.27. The zero-order valence-corrected chi connectivity index (χ0v) is 15.1. The molecule has 0 bridgehead atoms. The maximum absolute atomic E-state index is 12.2. The van der Waals surface area contributed by atoms with E-state index in [1.807, 2.05) is 24.5 Å². The Morgan fingerprint density at radius 1 is 0.857 bits per heavy atom. The Kier molecular flexibility index (Phi) is 5.30. The summed E-state index contributed by atoms with van der Waals surface area (Å²) >= 11 is 0. The summed E-state index contributed by atoms with van der Waals surface area (Å²) in [4.78, 5) is 4.42. The molecule has 0 unspecified atom stereocenters. The fourth-order valence-corrected chi connectivity index (χ4v) is 3.08. The fourth-order valence-electron chi connectivity index (χ4n) is 3.08. The van der Waals surface area contributed by atoms with Crippen LogP contribution in [0.1, 0.15) is 11.1 Å². The summed E-state index contributed by atoms with van der Waals surface area (Å²) in [5, 5.41) is 3.35. The van der Waals surface area contributed by atoms with Crippen molar-refractivity contribution >= 4 is 11.0 Å². The summed E-state index contributed by atoms with van der Waals surface area (Å²) in [5.74, 6) is 0.168. The van der Waals surface area contributed by atoms with E-state index in [1.165, 1.54) is 0 Å². The van der Waals surface area contributed by atoms with E-state index in [0.29, 0.717) is 13.1 Å². The second-order valence-corrected chi connectivity index (χ2v) is 6.40. The van der Waals surface area contributed by atoms with Gasteiger partial charge >= 0.3 is 6.61 Å². The number of nitrogens with zero attached hydrogens (tertiary/aromatic N) is 2. The molecule has 0 atom stereocenters. The van der Waals surface area contributed by atoms with Crippen LogP contribution in [0.25, 0.3) is 16.7 Å². The Labute approximate surface area is 161 Å². The normalized spacial score (nSPS) is 11.2. The predicted molar refractivity (Wildman–Crippen MR) is 105 cm³/mol. The van der Waals surface area contributed by atoms with Gasteiger partial charge in [-0.05, 0) is 47.5 Å². The molecule has 0 aliphatic carbocycles. The van der Waals surface area contributed by atoms with Crippen LogP contribution in [0.15, 0.2) is 79.1 Å². The van der Waals surface area contributed by atoms with E-state index in [-0.39, 0.29) is 5.75 Å². The number of hydrogen-bond donors (Lipinski definition) is 1. The van der Waals surface area contributed by atoms with Crippen molar-refractivity contribution in [3.8, 4) is 11.4 Å². The van der Waals surface area contributed by atoms with Gasteiger partial charge in [0.2, 0.25) is 0 Å². The molecular formula is C22H19F2N3O. The van der Waals surface area contributed by atoms with Crippen LogP contribution >= 0.6 is 0 Å². The zero-order valence-electron chi connectivity index (χ0n) is 15.1. The topological polar surface area (TPSA) is 39.1 Å². The molecule has 28 heavy (non-hydrogen) atoms. The minimum absolute atomic E-state index is 0.168. The molecule has 4 rings (SSSR count). The highest BCUT2D eigenvalue weighted by atomic mass is 19.3. The van der Waals surface area contributed by atoms with Crippen LogP contribution in [0.2, 0.25) is 0 Å². The summed E-state index contributed by atoms with van der Waals surface area (Å²) in [6.45, 7) is -1.45. The minimum Gasteiger partial charge on any atom is -0.435 e. The number of halogens is 2. The number of fused-ring (bicyclic) bond motifs is 1. The van der Waals surface area contributed by atoms with Crippen molar-refractivity contribution in [2.24, 2.45) is 0 Å². The molecule has 0 aliphatic rings. The number of hydrogen-bond acceptors (Lipinski definition) is 3. The standard InChI is InChI=1S/C22H19F2N3O/c23-22(24)28-19-11-7-17(8-12-19)14-25-13-16-5-9-18(10-6-16)27-15-26-20-3-1-2-4-21(20)27/h1-12,15,22,25H,13-14H2. The number of alkyl halides is 2. The van der Waals surface area contributed by atoms with Gasteiger partial charge < -0.3 is 10.1 Å². The zero-order chi connectivity index (χ0) is 19.3. The van der Waals surface area contributed by atoms with Crippen LogP contribution in [-0.4, -0.2) is 16.2 Å². The number of imidazole rings is 1. The van der Waals surface area contributed by atoms with Crippen molar-refractivity contribution in [3.63, 3.8) is 0 Å². The van der Waals surface area contributed by atoms with E-state index in [2.05, 4.69) is 49.9 Å². The van der Waals surface area contributed by atoms with Crippen molar-refractivity contribution in [1.29, 1.82) is 0 Å². The summed E-state index contributed by atoms with van der Waals surface area (Å²) in [6.07, 6.45) is 1.83. The minimum atomic E-state index is -2.80. The van der Waals surface area contributed by atoms with Gasteiger partial charge in [0.1, 0.15) is 12.1 Å². The molecule has 0 spiro atoms. The second kappa shape index (κ2) is 8.19. The average molecular weight is 379 g/mol. The lowest BCUT2D eigenvalue weighted by atomic mass is 10.2. The van der Waals surface area contributed by atoms with Gasteiger partial charge in [-0.1, -0.05) is 36.4 Å². The van der Waals surface area contributed by atoms with E-state index in [0.717, 1.165) is 27.8 Å². The highest BCUT2D eigenvalue weighted by molar-refractivity contribution is 5.77. The quantitative estimate of drug-likeness (QED) is 0.496. The molecule has 1 aromatic heterocycles. The third-order valence-corrected chi connectivity index (χ3v) is 4.47. The molecule has 6 heteroatoms. The molecule has 4 nitrogen and oxygen atoms in total. The highest BCUT2D eigenvalue weighted by Gasteiger charge is 2.05. The van der Waals surface area contributed by atoms with Gasteiger partial charge in [-0.3, -0.25) is 4.57 Å². The third kappa shape index (κ3) is 4.18. The van der Waals surface area contributed by atoms with Crippen LogP contribution in [-0.2, 0) is 13.1 Å². The first-order valence-electron chi connectivity index (χ1n) is 8.95. The van der Waals surface area contributed by atoms with Gasteiger partial charge in [0.15, 0.2) is 0 Å².